The Morgan fingerprint density at radius 2 is 2.22 bits per heavy atom. The van der Waals surface area contributed by atoms with E-state index in [1.54, 1.807) is 0 Å². The highest BCUT2D eigenvalue weighted by Crippen LogP contribution is 2.27. The zero-order chi connectivity index (χ0) is 12.8. The van der Waals surface area contributed by atoms with E-state index >= 15 is 0 Å². The van der Waals surface area contributed by atoms with Crippen LogP contribution < -0.4 is 10.2 Å². The maximum atomic E-state index is 4.55. The van der Waals surface area contributed by atoms with Crippen molar-refractivity contribution in [1.82, 2.24) is 10.3 Å². The van der Waals surface area contributed by atoms with Gasteiger partial charge in [-0.05, 0) is 43.4 Å². The Bertz CT molecular complexity index is 343. The minimum Gasteiger partial charge on any atom is -0.359 e. The second-order valence-corrected chi connectivity index (χ2v) is 5.38. The Balaban J connectivity index is 1.81. The lowest BCUT2D eigenvalue weighted by molar-refractivity contribution is 0.321. The van der Waals surface area contributed by atoms with Gasteiger partial charge in [0.1, 0.15) is 5.82 Å². The molecule has 1 aliphatic carbocycles. The molecule has 1 aromatic heterocycles. The topological polar surface area (TPSA) is 28.2 Å². The van der Waals surface area contributed by atoms with Gasteiger partial charge in [-0.3, -0.25) is 0 Å². The summed E-state index contributed by atoms with van der Waals surface area (Å²) in [5.41, 5.74) is 1.27. The lowest BCUT2D eigenvalue weighted by Gasteiger charge is -2.30. The van der Waals surface area contributed by atoms with Crippen LogP contribution in [0.1, 0.15) is 38.2 Å². The van der Waals surface area contributed by atoms with Crippen LogP contribution in [0.3, 0.4) is 0 Å². The summed E-state index contributed by atoms with van der Waals surface area (Å²) < 4.78 is 0. The third-order valence-corrected chi connectivity index (χ3v) is 3.71. The summed E-state index contributed by atoms with van der Waals surface area (Å²) >= 11 is 0. The summed E-state index contributed by atoms with van der Waals surface area (Å²) in [6, 6.07) is 4.32. The number of nitrogens with one attached hydrogen (secondary N) is 1. The van der Waals surface area contributed by atoms with Crippen molar-refractivity contribution >= 4 is 5.82 Å². The van der Waals surface area contributed by atoms with Crippen LogP contribution in [0.4, 0.5) is 5.82 Å². The molecular weight excluding hydrogens is 222 g/mol. The quantitative estimate of drug-likeness (QED) is 0.751. The van der Waals surface area contributed by atoms with E-state index in [0.29, 0.717) is 0 Å². The molecule has 1 aliphatic rings. The zero-order valence-corrected chi connectivity index (χ0v) is 11.7. The third kappa shape index (κ3) is 3.70. The number of nitrogens with zero attached hydrogens (tertiary/aromatic N) is 2. The highest BCUT2D eigenvalue weighted by Gasteiger charge is 2.19. The molecule has 0 amide bonds. The van der Waals surface area contributed by atoms with E-state index in [9.17, 15) is 0 Å². The molecule has 1 heterocycles. The molecule has 0 aromatic carbocycles. The van der Waals surface area contributed by atoms with Crippen molar-refractivity contribution in [1.29, 1.82) is 0 Å². The predicted molar refractivity (Wildman–Crippen MR) is 76.8 cm³/mol. The van der Waals surface area contributed by atoms with Crippen molar-refractivity contribution in [2.75, 3.05) is 25.0 Å². The second kappa shape index (κ2) is 6.74. The molecule has 0 radical (unpaired) electrons. The van der Waals surface area contributed by atoms with E-state index < -0.39 is 0 Å². The molecule has 100 valence electrons. The van der Waals surface area contributed by atoms with Crippen molar-refractivity contribution < 1.29 is 0 Å². The van der Waals surface area contributed by atoms with E-state index in [0.717, 1.165) is 31.4 Å². The molecule has 0 aliphatic heterocycles. The molecule has 1 aromatic rings. The predicted octanol–water partition coefficient (Wildman–Crippen LogP) is 2.82. The number of anilines is 1. The molecule has 1 saturated carbocycles. The lowest BCUT2D eigenvalue weighted by Crippen LogP contribution is -2.29. The highest BCUT2D eigenvalue weighted by molar-refractivity contribution is 5.38. The fourth-order valence-electron chi connectivity index (χ4n) is 2.31. The van der Waals surface area contributed by atoms with E-state index in [1.165, 1.54) is 31.2 Å². The molecule has 18 heavy (non-hydrogen) atoms. The van der Waals surface area contributed by atoms with Gasteiger partial charge in [-0.1, -0.05) is 19.4 Å². The maximum Gasteiger partial charge on any atom is 0.128 e. The summed E-state index contributed by atoms with van der Waals surface area (Å²) in [5, 5.41) is 3.40. The van der Waals surface area contributed by atoms with E-state index in [1.807, 2.05) is 6.20 Å². The SMILES string of the molecule is CCCNCc1ccc(N(C)CC2CCC2)nc1. The van der Waals surface area contributed by atoms with Crippen molar-refractivity contribution in [3.05, 3.63) is 23.9 Å². The Kier molecular flexibility index (Phi) is 5.00. The van der Waals surface area contributed by atoms with Crippen molar-refractivity contribution in [3.8, 4) is 0 Å². The minimum atomic E-state index is 0.891. The molecule has 3 nitrogen and oxygen atoms in total. The monoisotopic (exact) mass is 247 g/mol. The van der Waals surface area contributed by atoms with Crippen LogP contribution in [0, 0.1) is 5.92 Å². The summed E-state index contributed by atoms with van der Waals surface area (Å²) in [5.74, 6) is 1.99. The molecule has 0 saturated heterocycles. The van der Waals surface area contributed by atoms with Gasteiger partial charge in [0.05, 0.1) is 0 Å². The number of pyridine rings is 1. The zero-order valence-electron chi connectivity index (χ0n) is 11.7. The molecular formula is C15H25N3. The normalized spacial score (nSPS) is 15.4. The first-order chi connectivity index (χ1) is 8.79. The summed E-state index contributed by atoms with van der Waals surface area (Å²) in [7, 11) is 2.15. The van der Waals surface area contributed by atoms with Gasteiger partial charge < -0.3 is 10.2 Å². The third-order valence-electron chi connectivity index (χ3n) is 3.71. The molecule has 3 heteroatoms. The van der Waals surface area contributed by atoms with Crippen molar-refractivity contribution in [3.63, 3.8) is 0 Å². The van der Waals surface area contributed by atoms with Gasteiger partial charge in [0, 0.05) is 26.3 Å². The first-order valence-electron chi connectivity index (χ1n) is 7.16. The Morgan fingerprint density at radius 3 is 2.78 bits per heavy atom. The van der Waals surface area contributed by atoms with Crippen LogP contribution in [-0.2, 0) is 6.54 Å². The molecule has 2 rings (SSSR count). The maximum absolute atomic E-state index is 4.55. The Morgan fingerprint density at radius 1 is 1.39 bits per heavy atom. The van der Waals surface area contributed by atoms with Crippen LogP contribution in [0.5, 0.6) is 0 Å². The average Bonchev–Trinajstić information content (AvgIpc) is 2.35. The number of hydrogen-bond acceptors (Lipinski definition) is 3. The van der Waals surface area contributed by atoms with Gasteiger partial charge >= 0.3 is 0 Å². The van der Waals surface area contributed by atoms with Gasteiger partial charge in [0.25, 0.3) is 0 Å². The molecule has 1 N–H and O–H groups in total. The van der Waals surface area contributed by atoms with Crippen LogP contribution in [0.2, 0.25) is 0 Å². The molecule has 0 unspecified atom stereocenters. The van der Waals surface area contributed by atoms with E-state index in [-0.39, 0.29) is 0 Å². The van der Waals surface area contributed by atoms with Crippen molar-refractivity contribution in [2.24, 2.45) is 5.92 Å². The van der Waals surface area contributed by atoms with Gasteiger partial charge in [-0.2, -0.15) is 0 Å². The van der Waals surface area contributed by atoms with Crippen LogP contribution in [0.15, 0.2) is 18.3 Å². The minimum absolute atomic E-state index is 0.891. The first-order valence-corrected chi connectivity index (χ1v) is 7.16. The second-order valence-electron chi connectivity index (χ2n) is 5.38. The fourth-order valence-corrected chi connectivity index (χ4v) is 2.31. The Hall–Kier alpha value is -1.09. The number of hydrogen-bond donors (Lipinski definition) is 1. The van der Waals surface area contributed by atoms with Gasteiger partial charge in [-0.15, -0.1) is 0 Å². The molecule has 1 fully saturated rings. The fraction of sp³-hybridized carbons (Fsp3) is 0.667. The summed E-state index contributed by atoms with van der Waals surface area (Å²) in [4.78, 5) is 6.84. The summed E-state index contributed by atoms with van der Waals surface area (Å²) in [6.45, 7) is 5.33. The standard InChI is InChI=1S/C15H25N3/c1-3-9-16-10-14-7-8-15(17-11-14)18(2)12-13-5-4-6-13/h7-8,11,13,16H,3-6,9-10,12H2,1-2H3. The summed E-state index contributed by atoms with van der Waals surface area (Å²) in [6.07, 6.45) is 7.37. The lowest BCUT2D eigenvalue weighted by atomic mass is 9.85. The highest BCUT2D eigenvalue weighted by atomic mass is 15.2. The van der Waals surface area contributed by atoms with Gasteiger partial charge in [0.2, 0.25) is 0 Å². The van der Waals surface area contributed by atoms with Gasteiger partial charge in [-0.25, -0.2) is 4.98 Å². The molecule has 0 spiro atoms. The molecule has 0 bridgehead atoms. The van der Waals surface area contributed by atoms with Crippen LogP contribution in [0.25, 0.3) is 0 Å². The van der Waals surface area contributed by atoms with E-state index in [4.69, 9.17) is 0 Å². The number of aromatic nitrogens is 1. The average molecular weight is 247 g/mol. The number of rotatable bonds is 7. The van der Waals surface area contributed by atoms with E-state index in [2.05, 4.69) is 41.3 Å². The largest absolute Gasteiger partial charge is 0.359 e. The van der Waals surface area contributed by atoms with Crippen molar-refractivity contribution in [2.45, 2.75) is 39.2 Å². The first kappa shape index (κ1) is 13.3. The van der Waals surface area contributed by atoms with Crippen LogP contribution in [-0.4, -0.2) is 25.1 Å². The smallest absolute Gasteiger partial charge is 0.128 e. The van der Waals surface area contributed by atoms with Gasteiger partial charge in [0.15, 0.2) is 0 Å². The Labute approximate surface area is 111 Å². The molecule has 0 atom stereocenters. The van der Waals surface area contributed by atoms with Crippen LogP contribution >= 0.6 is 0 Å².